The van der Waals surface area contributed by atoms with E-state index in [1.807, 2.05) is 0 Å². The highest BCUT2D eigenvalue weighted by atomic mass is 19.1. The van der Waals surface area contributed by atoms with Crippen LogP contribution in [0.3, 0.4) is 0 Å². The lowest BCUT2D eigenvalue weighted by Gasteiger charge is -2.00. The third-order valence-corrected chi connectivity index (χ3v) is 3.72. The lowest BCUT2D eigenvalue weighted by Crippen LogP contribution is -2.23. The number of aromatic nitrogens is 5. The van der Waals surface area contributed by atoms with Crippen LogP contribution in [0.15, 0.2) is 62.5 Å². The van der Waals surface area contributed by atoms with E-state index in [1.165, 1.54) is 24.3 Å². The number of nitrogens with zero attached hydrogens (tertiary/aromatic N) is 5. The molecule has 0 spiro atoms. The molecule has 3 aromatic heterocycles. The van der Waals surface area contributed by atoms with Gasteiger partial charge in [-0.1, -0.05) is 5.16 Å². The highest BCUT2D eigenvalue weighted by molar-refractivity contribution is 5.69. The first-order valence-electron chi connectivity index (χ1n) is 8.31. The molecule has 0 fully saturated rings. The van der Waals surface area contributed by atoms with Gasteiger partial charge in [-0.05, 0) is 36.4 Å². The van der Waals surface area contributed by atoms with Crippen LogP contribution in [0.5, 0.6) is 0 Å². The Kier molecular flexibility index (Phi) is 4.93. The van der Waals surface area contributed by atoms with E-state index in [2.05, 4.69) is 20.2 Å². The van der Waals surface area contributed by atoms with E-state index in [0.29, 0.717) is 17.0 Å². The van der Waals surface area contributed by atoms with Crippen LogP contribution >= 0.6 is 0 Å². The van der Waals surface area contributed by atoms with Crippen LogP contribution in [0, 0.1) is 5.82 Å². The number of pyridine rings is 1. The molecule has 0 radical (unpaired) electrons. The maximum Gasteiger partial charge on any atom is 0.437 e. The highest BCUT2D eigenvalue weighted by Gasteiger charge is 2.16. The Labute approximate surface area is 161 Å². The SMILES string of the molecule is O=C(Cn1nc(-c2ccc(F)cc2)oc1=O)OCc1nc(-c2cccnc2)no1. The number of esters is 1. The molecular weight excluding hydrogens is 385 g/mol. The highest BCUT2D eigenvalue weighted by Crippen LogP contribution is 2.16. The minimum Gasteiger partial charge on any atom is -0.454 e. The predicted molar refractivity (Wildman–Crippen MR) is 93.5 cm³/mol. The van der Waals surface area contributed by atoms with E-state index in [1.54, 1.807) is 24.5 Å². The summed E-state index contributed by atoms with van der Waals surface area (Å²) in [6.07, 6.45) is 3.18. The van der Waals surface area contributed by atoms with Gasteiger partial charge in [-0.25, -0.2) is 9.18 Å². The summed E-state index contributed by atoms with van der Waals surface area (Å²) in [6.45, 7) is -0.753. The molecule has 4 aromatic rings. The molecule has 0 saturated heterocycles. The number of hydrogen-bond acceptors (Lipinski definition) is 9. The molecule has 0 saturated carbocycles. The van der Waals surface area contributed by atoms with Gasteiger partial charge in [0.15, 0.2) is 6.61 Å². The van der Waals surface area contributed by atoms with Crippen molar-refractivity contribution in [3.05, 3.63) is 71.1 Å². The quantitative estimate of drug-likeness (QED) is 0.448. The van der Waals surface area contributed by atoms with Gasteiger partial charge < -0.3 is 13.7 Å². The number of ether oxygens (including phenoxy) is 1. The Morgan fingerprint density at radius 2 is 2.00 bits per heavy atom. The molecule has 11 heteroatoms. The summed E-state index contributed by atoms with van der Waals surface area (Å²) in [6, 6.07) is 8.68. The van der Waals surface area contributed by atoms with Gasteiger partial charge in [0.05, 0.1) is 0 Å². The molecule has 29 heavy (non-hydrogen) atoms. The first kappa shape index (κ1) is 18.2. The maximum absolute atomic E-state index is 13.0. The molecular formula is C18H12FN5O5. The van der Waals surface area contributed by atoms with Crippen molar-refractivity contribution in [2.45, 2.75) is 13.2 Å². The molecule has 0 aliphatic rings. The van der Waals surface area contributed by atoms with Gasteiger partial charge in [0.2, 0.25) is 11.7 Å². The Morgan fingerprint density at radius 1 is 1.17 bits per heavy atom. The lowest BCUT2D eigenvalue weighted by molar-refractivity contribution is -0.146. The Bertz CT molecular complexity index is 1180. The van der Waals surface area contributed by atoms with Gasteiger partial charge in [-0.15, -0.1) is 5.10 Å². The van der Waals surface area contributed by atoms with Gasteiger partial charge in [0.25, 0.3) is 5.89 Å². The fraction of sp³-hybridized carbons (Fsp3) is 0.111. The molecule has 0 bridgehead atoms. The van der Waals surface area contributed by atoms with Crippen molar-refractivity contribution in [1.82, 2.24) is 24.9 Å². The smallest absolute Gasteiger partial charge is 0.437 e. The normalized spacial score (nSPS) is 10.8. The van der Waals surface area contributed by atoms with Gasteiger partial charge in [0, 0.05) is 23.5 Å². The zero-order chi connectivity index (χ0) is 20.2. The third-order valence-electron chi connectivity index (χ3n) is 3.72. The van der Waals surface area contributed by atoms with Crippen molar-refractivity contribution in [2.75, 3.05) is 0 Å². The van der Waals surface area contributed by atoms with Crippen LogP contribution in [0.1, 0.15) is 5.89 Å². The largest absolute Gasteiger partial charge is 0.454 e. The molecule has 0 aliphatic heterocycles. The molecule has 0 aliphatic carbocycles. The van der Waals surface area contributed by atoms with E-state index in [0.717, 1.165) is 4.68 Å². The molecule has 146 valence electrons. The Hall–Kier alpha value is -4.15. The van der Waals surface area contributed by atoms with E-state index < -0.39 is 24.1 Å². The third kappa shape index (κ3) is 4.24. The fourth-order valence-electron chi connectivity index (χ4n) is 2.35. The second-order valence-corrected chi connectivity index (χ2v) is 5.75. The van der Waals surface area contributed by atoms with Gasteiger partial charge in [0.1, 0.15) is 12.4 Å². The summed E-state index contributed by atoms with van der Waals surface area (Å²) in [5.74, 6) is -1.70. The topological polar surface area (TPSA) is 126 Å². The second-order valence-electron chi connectivity index (χ2n) is 5.75. The van der Waals surface area contributed by atoms with Crippen molar-refractivity contribution in [2.24, 2.45) is 0 Å². The van der Waals surface area contributed by atoms with Gasteiger partial charge in [-0.2, -0.15) is 9.67 Å². The average Bonchev–Trinajstić information content (AvgIpc) is 3.35. The van der Waals surface area contributed by atoms with Crippen molar-refractivity contribution >= 4 is 5.97 Å². The van der Waals surface area contributed by atoms with Crippen LogP contribution in [0.4, 0.5) is 4.39 Å². The van der Waals surface area contributed by atoms with Crippen LogP contribution in [0.2, 0.25) is 0 Å². The summed E-state index contributed by atoms with van der Waals surface area (Å²) in [5, 5.41) is 7.68. The van der Waals surface area contributed by atoms with E-state index in [-0.39, 0.29) is 18.4 Å². The Balaban J connectivity index is 1.37. The average molecular weight is 397 g/mol. The number of carbonyl (C=O) groups excluding carboxylic acids is 1. The Morgan fingerprint density at radius 3 is 2.76 bits per heavy atom. The van der Waals surface area contributed by atoms with Crippen molar-refractivity contribution in [3.8, 4) is 22.8 Å². The first-order chi connectivity index (χ1) is 14.1. The van der Waals surface area contributed by atoms with Crippen LogP contribution < -0.4 is 5.76 Å². The molecule has 0 amide bonds. The number of rotatable bonds is 6. The van der Waals surface area contributed by atoms with Gasteiger partial charge in [-0.3, -0.25) is 9.78 Å². The summed E-state index contributed by atoms with van der Waals surface area (Å²) < 4.78 is 28.8. The standard InChI is InChI=1S/C18H12FN5O5/c19-13-5-3-11(4-6-13)17-22-24(18(26)28-17)9-15(25)27-10-14-21-16(23-29-14)12-2-1-7-20-8-12/h1-8H,9-10H2. The van der Waals surface area contributed by atoms with Crippen molar-refractivity contribution in [1.29, 1.82) is 0 Å². The molecule has 1 aromatic carbocycles. The van der Waals surface area contributed by atoms with Crippen LogP contribution in [0.25, 0.3) is 22.8 Å². The zero-order valence-corrected chi connectivity index (χ0v) is 14.7. The lowest BCUT2D eigenvalue weighted by atomic mass is 10.2. The predicted octanol–water partition coefficient (Wildman–Crippen LogP) is 1.83. The molecule has 4 rings (SSSR count). The van der Waals surface area contributed by atoms with E-state index in [4.69, 9.17) is 13.7 Å². The summed E-state index contributed by atoms with van der Waals surface area (Å²) in [7, 11) is 0. The van der Waals surface area contributed by atoms with Crippen molar-refractivity contribution < 1.29 is 22.9 Å². The number of carbonyl (C=O) groups is 1. The minimum absolute atomic E-state index is 0.0409. The molecule has 0 unspecified atom stereocenters. The molecule has 3 heterocycles. The van der Waals surface area contributed by atoms with E-state index in [9.17, 15) is 14.0 Å². The molecule has 0 N–H and O–H groups in total. The summed E-state index contributed by atoms with van der Waals surface area (Å²) >= 11 is 0. The number of hydrogen-bond donors (Lipinski definition) is 0. The van der Waals surface area contributed by atoms with Crippen molar-refractivity contribution in [3.63, 3.8) is 0 Å². The monoisotopic (exact) mass is 397 g/mol. The van der Waals surface area contributed by atoms with Crippen LogP contribution in [-0.2, 0) is 22.7 Å². The number of halogens is 1. The van der Waals surface area contributed by atoms with Gasteiger partial charge >= 0.3 is 11.7 Å². The van der Waals surface area contributed by atoms with E-state index >= 15 is 0 Å². The minimum atomic E-state index is -0.849. The molecule has 0 atom stereocenters. The summed E-state index contributed by atoms with van der Waals surface area (Å²) in [4.78, 5) is 31.9. The fourth-order valence-corrected chi connectivity index (χ4v) is 2.35. The first-order valence-corrected chi connectivity index (χ1v) is 8.31. The summed E-state index contributed by atoms with van der Waals surface area (Å²) in [5.41, 5.74) is 1.04. The zero-order valence-electron chi connectivity index (χ0n) is 14.7. The molecule has 10 nitrogen and oxygen atoms in total. The van der Waals surface area contributed by atoms with Crippen LogP contribution in [-0.4, -0.2) is 30.9 Å². The number of benzene rings is 1. The maximum atomic E-state index is 13.0. The second kappa shape index (κ2) is 7.84.